The van der Waals surface area contributed by atoms with E-state index in [1.807, 2.05) is 0 Å². The third-order valence-electron chi connectivity index (χ3n) is 1.14. The van der Waals surface area contributed by atoms with Crippen molar-refractivity contribution in [1.82, 2.24) is 4.90 Å². The standard InChI is InChI=1S/C6H6NO3/c1-4(8)7-5(9)2-3-6(7)10/h2-4,8H,1H2. The van der Waals surface area contributed by atoms with E-state index < -0.39 is 18.0 Å². The van der Waals surface area contributed by atoms with Crippen LogP contribution in [0.2, 0.25) is 0 Å². The van der Waals surface area contributed by atoms with Gasteiger partial charge in [0, 0.05) is 12.2 Å². The highest BCUT2D eigenvalue weighted by Gasteiger charge is 2.26. The molecule has 1 N–H and O–H groups in total. The Balaban J connectivity index is 2.79. The van der Waals surface area contributed by atoms with Crippen LogP contribution in [-0.4, -0.2) is 28.0 Å². The molecule has 0 fully saturated rings. The number of amides is 2. The largest absolute Gasteiger partial charge is 0.373 e. The summed E-state index contributed by atoms with van der Waals surface area (Å²) in [4.78, 5) is 22.0. The topological polar surface area (TPSA) is 57.6 Å². The second kappa shape index (κ2) is 2.22. The predicted molar refractivity (Wildman–Crippen MR) is 32.4 cm³/mol. The van der Waals surface area contributed by atoms with Gasteiger partial charge in [0.15, 0.2) is 0 Å². The van der Waals surface area contributed by atoms with Crippen molar-refractivity contribution in [2.75, 3.05) is 0 Å². The Labute approximate surface area is 57.7 Å². The molecule has 0 aliphatic carbocycles. The first kappa shape index (κ1) is 6.95. The monoisotopic (exact) mass is 140 g/mol. The van der Waals surface area contributed by atoms with Crippen molar-refractivity contribution in [1.29, 1.82) is 0 Å². The second-order valence-electron chi connectivity index (χ2n) is 1.86. The third kappa shape index (κ3) is 0.930. The van der Waals surface area contributed by atoms with Gasteiger partial charge < -0.3 is 5.11 Å². The van der Waals surface area contributed by atoms with Crippen LogP contribution in [0.4, 0.5) is 0 Å². The van der Waals surface area contributed by atoms with Gasteiger partial charge in [-0.25, -0.2) is 4.90 Å². The molecule has 1 aliphatic rings. The maximum atomic E-state index is 10.6. The zero-order valence-electron chi connectivity index (χ0n) is 5.15. The summed E-state index contributed by atoms with van der Waals surface area (Å²) in [5, 5.41) is 8.73. The van der Waals surface area contributed by atoms with Gasteiger partial charge in [0.05, 0.1) is 0 Å². The Kier molecular flexibility index (Phi) is 1.55. The molecule has 1 atom stereocenters. The Hall–Kier alpha value is -1.16. The van der Waals surface area contributed by atoms with Crippen molar-refractivity contribution in [3.63, 3.8) is 0 Å². The minimum absolute atomic E-state index is 0.521. The van der Waals surface area contributed by atoms with Crippen LogP contribution in [0.3, 0.4) is 0 Å². The van der Waals surface area contributed by atoms with E-state index >= 15 is 0 Å². The molecule has 10 heavy (non-hydrogen) atoms. The fourth-order valence-corrected chi connectivity index (χ4v) is 0.706. The molecule has 0 saturated heterocycles. The van der Waals surface area contributed by atoms with Crippen LogP contribution in [0.15, 0.2) is 12.2 Å². The smallest absolute Gasteiger partial charge is 0.255 e. The molecular formula is C6H6NO3. The molecule has 1 heterocycles. The quantitative estimate of drug-likeness (QED) is 0.478. The van der Waals surface area contributed by atoms with E-state index in [4.69, 9.17) is 5.11 Å². The summed E-state index contributed by atoms with van der Waals surface area (Å²) in [6.07, 6.45) is 0.906. The maximum absolute atomic E-state index is 10.6. The number of nitrogens with zero attached hydrogens (tertiary/aromatic N) is 1. The number of hydrogen-bond donors (Lipinski definition) is 1. The van der Waals surface area contributed by atoms with Crippen molar-refractivity contribution in [2.24, 2.45) is 0 Å². The molecule has 53 valence electrons. The number of rotatable bonds is 1. The highest BCUT2D eigenvalue weighted by Crippen LogP contribution is 2.05. The second-order valence-corrected chi connectivity index (χ2v) is 1.86. The van der Waals surface area contributed by atoms with Gasteiger partial charge in [-0.1, -0.05) is 0 Å². The Morgan fingerprint density at radius 1 is 1.40 bits per heavy atom. The lowest BCUT2D eigenvalue weighted by Crippen LogP contribution is -2.37. The molecular weight excluding hydrogens is 134 g/mol. The average molecular weight is 140 g/mol. The first-order chi connectivity index (χ1) is 4.63. The molecule has 0 aromatic heterocycles. The van der Waals surface area contributed by atoms with Gasteiger partial charge in [0.25, 0.3) is 11.8 Å². The fraction of sp³-hybridized carbons (Fsp3) is 0.167. The van der Waals surface area contributed by atoms with Crippen LogP contribution in [0.5, 0.6) is 0 Å². The van der Waals surface area contributed by atoms with Gasteiger partial charge >= 0.3 is 0 Å². The highest BCUT2D eigenvalue weighted by atomic mass is 16.3. The van der Waals surface area contributed by atoms with Crippen LogP contribution in [0.1, 0.15) is 0 Å². The molecule has 1 rings (SSSR count). The number of carbonyl (C=O) groups is 2. The van der Waals surface area contributed by atoms with Crippen LogP contribution in [-0.2, 0) is 9.59 Å². The molecule has 1 unspecified atom stereocenters. The average Bonchev–Trinajstić information content (AvgIpc) is 2.11. The minimum Gasteiger partial charge on any atom is -0.373 e. The van der Waals surface area contributed by atoms with Gasteiger partial charge in [0.1, 0.15) is 6.23 Å². The molecule has 0 bridgehead atoms. The van der Waals surface area contributed by atoms with Crippen molar-refractivity contribution in [3.8, 4) is 0 Å². The summed E-state index contributed by atoms with van der Waals surface area (Å²) in [5.74, 6) is -1.04. The first-order valence-electron chi connectivity index (χ1n) is 2.69. The zero-order valence-corrected chi connectivity index (χ0v) is 5.15. The summed E-state index contributed by atoms with van der Waals surface area (Å²) in [6, 6.07) is 0. The number of hydrogen-bond acceptors (Lipinski definition) is 3. The molecule has 0 aromatic rings. The lowest BCUT2D eigenvalue weighted by atomic mass is 10.5. The van der Waals surface area contributed by atoms with Crippen molar-refractivity contribution < 1.29 is 14.7 Å². The molecule has 1 aliphatic heterocycles. The summed E-state index contributed by atoms with van der Waals surface area (Å²) >= 11 is 0. The van der Waals surface area contributed by atoms with E-state index in [-0.39, 0.29) is 0 Å². The zero-order chi connectivity index (χ0) is 7.72. The fourth-order valence-electron chi connectivity index (χ4n) is 0.706. The third-order valence-corrected chi connectivity index (χ3v) is 1.14. The van der Waals surface area contributed by atoms with Gasteiger partial charge in [-0.3, -0.25) is 9.59 Å². The summed E-state index contributed by atoms with van der Waals surface area (Å²) in [5.41, 5.74) is 0. The maximum Gasteiger partial charge on any atom is 0.255 e. The lowest BCUT2D eigenvalue weighted by Gasteiger charge is -2.15. The molecule has 0 aromatic carbocycles. The number of carbonyl (C=O) groups excluding carboxylic acids is 2. The summed E-state index contributed by atoms with van der Waals surface area (Å²) in [7, 11) is 0. The van der Waals surface area contributed by atoms with Crippen molar-refractivity contribution >= 4 is 11.8 Å². The first-order valence-corrected chi connectivity index (χ1v) is 2.69. The van der Waals surface area contributed by atoms with Gasteiger partial charge in [-0.2, -0.15) is 0 Å². The Morgan fingerprint density at radius 3 is 2.00 bits per heavy atom. The normalized spacial score (nSPS) is 20.4. The van der Waals surface area contributed by atoms with E-state index in [0.29, 0.717) is 4.90 Å². The van der Waals surface area contributed by atoms with Crippen LogP contribution in [0.25, 0.3) is 0 Å². The molecule has 1 radical (unpaired) electrons. The van der Waals surface area contributed by atoms with E-state index in [9.17, 15) is 9.59 Å². The van der Waals surface area contributed by atoms with E-state index in [2.05, 4.69) is 6.92 Å². The van der Waals surface area contributed by atoms with Crippen molar-refractivity contribution in [3.05, 3.63) is 19.1 Å². The summed E-state index contributed by atoms with van der Waals surface area (Å²) < 4.78 is 0. The molecule has 0 spiro atoms. The van der Waals surface area contributed by atoms with Crippen LogP contribution < -0.4 is 0 Å². The minimum atomic E-state index is -1.28. The summed E-state index contributed by atoms with van der Waals surface area (Å²) in [6.45, 7) is 3.12. The lowest BCUT2D eigenvalue weighted by molar-refractivity contribution is -0.144. The number of aliphatic hydroxyl groups is 1. The SMILES string of the molecule is [CH2]C(O)N1C(=O)C=CC1=O. The predicted octanol–water partition coefficient (Wildman–Crippen LogP) is -0.936. The van der Waals surface area contributed by atoms with Crippen molar-refractivity contribution in [2.45, 2.75) is 6.23 Å². The van der Waals surface area contributed by atoms with E-state index in [1.54, 1.807) is 0 Å². The van der Waals surface area contributed by atoms with E-state index in [0.717, 1.165) is 12.2 Å². The molecule has 4 nitrogen and oxygen atoms in total. The molecule has 0 saturated carbocycles. The number of imide groups is 1. The van der Waals surface area contributed by atoms with E-state index in [1.165, 1.54) is 0 Å². The molecule has 2 amide bonds. The van der Waals surface area contributed by atoms with Crippen LogP contribution in [0, 0.1) is 6.92 Å². The Bertz CT molecular complexity index is 189. The highest BCUT2D eigenvalue weighted by molar-refractivity contribution is 6.13. The van der Waals surface area contributed by atoms with Gasteiger partial charge in [-0.15, -0.1) is 0 Å². The van der Waals surface area contributed by atoms with Gasteiger partial charge in [-0.05, 0) is 6.92 Å². The number of aliphatic hydroxyl groups excluding tert-OH is 1. The van der Waals surface area contributed by atoms with Crippen LogP contribution >= 0.6 is 0 Å². The molecule has 4 heteroatoms. The van der Waals surface area contributed by atoms with Gasteiger partial charge in [0.2, 0.25) is 0 Å². The Morgan fingerprint density at radius 2 is 1.80 bits per heavy atom.